The molecular weight excluding hydrogens is 634 g/mol. The van der Waals surface area contributed by atoms with Crippen LogP contribution in [0.4, 0.5) is 4.79 Å². The second kappa shape index (κ2) is 13.7. The Labute approximate surface area is 289 Å². The van der Waals surface area contributed by atoms with E-state index in [1.807, 2.05) is 37.1 Å². The van der Waals surface area contributed by atoms with Gasteiger partial charge in [-0.15, -0.1) is 0 Å². The molecule has 2 aliphatic heterocycles. The lowest BCUT2D eigenvalue weighted by atomic mass is 10.0. The lowest BCUT2D eigenvalue weighted by Gasteiger charge is -2.33. The van der Waals surface area contributed by atoms with Crippen LogP contribution >= 0.6 is 0 Å². The maximum absolute atomic E-state index is 13.6. The third kappa shape index (κ3) is 6.26. The molecule has 3 amide bonds. The first-order valence-corrected chi connectivity index (χ1v) is 17.1. The number of aromatic nitrogens is 6. The third-order valence-corrected chi connectivity index (χ3v) is 9.93. The number of carbonyl (C=O) groups is 3. The summed E-state index contributed by atoms with van der Waals surface area (Å²) in [5.74, 6) is 1.07. The molecule has 4 N–H and O–H groups in total. The number of imidazole rings is 3. The van der Waals surface area contributed by atoms with Crippen molar-refractivity contribution in [1.29, 1.82) is 0 Å². The Kier molecular flexibility index (Phi) is 8.96. The number of nitrogens with one attached hydrogen (secondary N) is 3. The highest BCUT2D eigenvalue weighted by Crippen LogP contribution is 2.35. The van der Waals surface area contributed by atoms with Crippen molar-refractivity contribution < 1.29 is 19.5 Å². The van der Waals surface area contributed by atoms with Gasteiger partial charge in [-0.05, 0) is 53.9 Å². The van der Waals surface area contributed by atoms with Crippen LogP contribution < -0.4 is 0 Å². The number of carbonyl (C=O) groups excluding carboxylic acids is 2. The molecule has 2 fully saturated rings. The van der Waals surface area contributed by atoms with Crippen molar-refractivity contribution in [2.45, 2.75) is 57.7 Å². The summed E-state index contributed by atoms with van der Waals surface area (Å²) in [5, 5.41) is 9.56. The first kappa shape index (κ1) is 32.8. The maximum Gasteiger partial charge on any atom is 0.407 e. The molecule has 2 aromatic carbocycles. The molecule has 0 bridgehead atoms. The molecule has 2 saturated heterocycles. The summed E-state index contributed by atoms with van der Waals surface area (Å²) in [4.78, 5) is 66.0. The molecule has 258 valence electrons. The van der Waals surface area contributed by atoms with Crippen LogP contribution in [-0.2, 0) is 4.79 Å². The second-order valence-corrected chi connectivity index (χ2v) is 13.4. The van der Waals surface area contributed by atoms with Crippen molar-refractivity contribution >= 4 is 17.9 Å². The second-order valence-electron chi connectivity index (χ2n) is 13.4. The van der Waals surface area contributed by atoms with E-state index in [0.29, 0.717) is 24.6 Å². The van der Waals surface area contributed by atoms with Gasteiger partial charge in [-0.2, -0.15) is 0 Å². The van der Waals surface area contributed by atoms with Gasteiger partial charge >= 0.3 is 6.09 Å². The predicted molar refractivity (Wildman–Crippen MR) is 187 cm³/mol. The normalized spacial score (nSPS) is 18.2. The van der Waals surface area contributed by atoms with E-state index in [0.717, 1.165) is 70.0 Å². The third-order valence-electron chi connectivity index (χ3n) is 9.93. The van der Waals surface area contributed by atoms with E-state index in [1.54, 1.807) is 17.3 Å². The number of benzene rings is 2. The molecule has 0 radical (unpaired) electrons. The standard InChI is InChI=1S/C37H41N9O4/c1-22(2)32(44(3)37(49)50)36(48)46-17-5-7-31(46)34-40-20-28(43-34)26-14-10-24(11-15-26)23-8-12-25(13-9-23)27-19-39-33(42-27)30-6-4-16-45(30)35(47)29-18-38-21-41-29/h8-15,18-22,30-32H,4-7,16-17H2,1-3H3,(H,38,41)(H,39,42)(H,40,43)(H,49,50)/t30-,31-,32-/m0/s1. The molecular formula is C37H41N9O4. The monoisotopic (exact) mass is 675 g/mol. The van der Waals surface area contributed by atoms with Gasteiger partial charge in [0.25, 0.3) is 5.91 Å². The van der Waals surface area contributed by atoms with Gasteiger partial charge in [-0.25, -0.2) is 19.7 Å². The molecule has 0 aliphatic carbocycles. The van der Waals surface area contributed by atoms with E-state index in [1.165, 1.54) is 13.4 Å². The van der Waals surface area contributed by atoms with Crippen LogP contribution in [0.25, 0.3) is 33.6 Å². The summed E-state index contributed by atoms with van der Waals surface area (Å²) in [6.45, 7) is 4.98. The number of likely N-dealkylation sites (tertiary alicyclic amines) is 2. The van der Waals surface area contributed by atoms with Crippen LogP contribution in [0.5, 0.6) is 0 Å². The summed E-state index contributed by atoms with van der Waals surface area (Å²) in [7, 11) is 1.45. The summed E-state index contributed by atoms with van der Waals surface area (Å²) >= 11 is 0. The van der Waals surface area contributed by atoms with Crippen LogP contribution in [0.1, 0.15) is 73.8 Å². The number of nitrogens with zero attached hydrogens (tertiary/aromatic N) is 6. The van der Waals surface area contributed by atoms with Gasteiger partial charge in [0.1, 0.15) is 23.4 Å². The van der Waals surface area contributed by atoms with Crippen LogP contribution in [-0.4, -0.2) is 93.8 Å². The zero-order valence-electron chi connectivity index (χ0n) is 28.3. The number of carboxylic acid groups (broad SMARTS) is 1. The van der Waals surface area contributed by atoms with E-state index in [9.17, 15) is 19.5 Å². The lowest BCUT2D eigenvalue weighted by molar-refractivity contribution is -0.138. The van der Waals surface area contributed by atoms with Crippen molar-refractivity contribution in [2.24, 2.45) is 5.92 Å². The summed E-state index contributed by atoms with van der Waals surface area (Å²) in [6.07, 6.45) is 8.93. The van der Waals surface area contributed by atoms with Crippen molar-refractivity contribution in [3.05, 3.63) is 90.8 Å². The molecule has 5 heterocycles. The number of hydrogen-bond acceptors (Lipinski definition) is 6. The fourth-order valence-corrected chi connectivity index (χ4v) is 7.31. The summed E-state index contributed by atoms with van der Waals surface area (Å²) in [5.41, 5.74) is 6.35. The van der Waals surface area contributed by atoms with Crippen molar-refractivity contribution in [3.8, 4) is 33.6 Å². The van der Waals surface area contributed by atoms with E-state index in [2.05, 4.69) is 66.3 Å². The van der Waals surface area contributed by atoms with E-state index < -0.39 is 12.1 Å². The Morgan fingerprint density at radius 3 is 1.76 bits per heavy atom. The molecule has 0 saturated carbocycles. The van der Waals surface area contributed by atoms with E-state index >= 15 is 0 Å². The largest absolute Gasteiger partial charge is 0.465 e. The van der Waals surface area contributed by atoms with Gasteiger partial charge in [0.15, 0.2) is 0 Å². The van der Waals surface area contributed by atoms with Gasteiger partial charge in [0, 0.05) is 20.1 Å². The zero-order chi connectivity index (χ0) is 34.9. The molecule has 7 rings (SSSR count). The van der Waals surface area contributed by atoms with Gasteiger partial charge in [0.2, 0.25) is 5.91 Å². The number of rotatable bonds is 9. The van der Waals surface area contributed by atoms with Crippen LogP contribution in [0.2, 0.25) is 0 Å². The Morgan fingerprint density at radius 2 is 1.28 bits per heavy atom. The zero-order valence-corrected chi connectivity index (χ0v) is 28.3. The van der Waals surface area contributed by atoms with Crippen molar-refractivity contribution in [1.82, 2.24) is 44.6 Å². The topological polar surface area (TPSA) is 167 Å². The quantitative estimate of drug-likeness (QED) is 0.146. The smallest absolute Gasteiger partial charge is 0.407 e. The summed E-state index contributed by atoms with van der Waals surface area (Å²) in [6, 6.07) is 15.5. The number of H-pyrrole nitrogens is 3. The summed E-state index contributed by atoms with van der Waals surface area (Å²) < 4.78 is 0. The molecule has 13 heteroatoms. The number of aromatic amines is 3. The first-order chi connectivity index (χ1) is 24.2. The minimum absolute atomic E-state index is 0.0683. The Hall–Kier alpha value is -5.72. The van der Waals surface area contributed by atoms with E-state index in [-0.39, 0.29) is 29.8 Å². The minimum atomic E-state index is -1.12. The number of hydrogen-bond donors (Lipinski definition) is 4. The van der Waals surface area contributed by atoms with Crippen LogP contribution in [0.15, 0.2) is 73.4 Å². The Bertz CT molecular complexity index is 1960. The molecule has 0 unspecified atom stereocenters. The fraction of sp³-hybridized carbons (Fsp3) is 0.351. The van der Waals surface area contributed by atoms with Gasteiger partial charge in [-0.3, -0.25) is 14.5 Å². The van der Waals surface area contributed by atoms with Gasteiger partial charge in [-0.1, -0.05) is 62.4 Å². The Morgan fingerprint density at radius 1 is 0.780 bits per heavy atom. The average molecular weight is 676 g/mol. The van der Waals surface area contributed by atoms with Crippen molar-refractivity contribution in [3.63, 3.8) is 0 Å². The molecule has 13 nitrogen and oxygen atoms in total. The molecule has 3 aromatic heterocycles. The lowest BCUT2D eigenvalue weighted by Crippen LogP contribution is -2.51. The highest BCUT2D eigenvalue weighted by molar-refractivity contribution is 5.92. The SMILES string of the molecule is CC(C)[C@@H](C(=O)N1CCC[C@H]1c1ncc(-c2ccc(-c3ccc(-c4cnc([C@@H]5CCCN5C(=O)c5cnc[nH]5)[nH]4)cc3)cc2)[nH]1)N(C)C(=O)O. The van der Waals surface area contributed by atoms with Crippen LogP contribution in [0, 0.1) is 5.92 Å². The molecule has 2 aliphatic rings. The van der Waals surface area contributed by atoms with Crippen molar-refractivity contribution in [2.75, 3.05) is 20.1 Å². The first-order valence-electron chi connectivity index (χ1n) is 17.1. The molecule has 5 aromatic rings. The predicted octanol–water partition coefficient (Wildman–Crippen LogP) is 6.13. The van der Waals surface area contributed by atoms with Gasteiger partial charge < -0.3 is 29.9 Å². The van der Waals surface area contributed by atoms with Crippen LogP contribution in [0.3, 0.4) is 0 Å². The molecule has 3 atom stereocenters. The average Bonchev–Trinajstić information content (AvgIpc) is 3.96. The number of likely N-dealkylation sites (N-methyl/N-ethyl adjacent to an activating group) is 1. The Balaban J connectivity index is 1.02. The molecule has 50 heavy (non-hydrogen) atoms. The molecule has 0 spiro atoms. The fourth-order valence-electron chi connectivity index (χ4n) is 7.31. The minimum Gasteiger partial charge on any atom is -0.465 e. The van der Waals surface area contributed by atoms with Gasteiger partial charge in [0.05, 0.1) is 48.4 Å². The van der Waals surface area contributed by atoms with E-state index in [4.69, 9.17) is 0 Å². The highest BCUT2D eigenvalue weighted by Gasteiger charge is 2.39. The number of amides is 3. The highest BCUT2D eigenvalue weighted by atomic mass is 16.4. The maximum atomic E-state index is 13.6.